The topological polar surface area (TPSA) is 60.4 Å². The smallest absolute Gasteiger partial charge is 0.196 e. The van der Waals surface area contributed by atoms with Crippen LogP contribution in [0.25, 0.3) is 0 Å². The Morgan fingerprint density at radius 3 is 2.48 bits per heavy atom. The lowest BCUT2D eigenvalue weighted by Gasteiger charge is -2.09. The summed E-state index contributed by atoms with van der Waals surface area (Å²) in [5, 5.41) is 0. The second-order valence-corrected chi connectivity index (χ2v) is 7.74. The van der Waals surface area contributed by atoms with E-state index in [1.165, 1.54) is 19.2 Å². The van der Waals surface area contributed by atoms with Gasteiger partial charge in [-0.05, 0) is 52.9 Å². The number of carbonyl (C=O) groups excluding carboxylic acids is 1. The fourth-order valence-electron chi connectivity index (χ4n) is 1.88. The molecule has 0 aliphatic rings. The predicted octanol–water partition coefficient (Wildman–Crippen LogP) is 2.93. The average molecular weight is 416 g/mol. The van der Waals surface area contributed by atoms with Gasteiger partial charge in [0.05, 0.1) is 17.6 Å². The molecule has 2 aromatic rings. The van der Waals surface area contributed by atoms with Gasteiger partial charge in [0.25, 0.3) is 0 Å². The van der Waals surface area contributed by atoms with E-state index in [-0.39, 0.29) is 10.7 Å². The molecule has 2 aromatic carbocycles. The highest BCUT2D eigenvalue weighted by atomic mass is 127. The molecule has 0 amide bonds. The van der Waals surface area contributed by atoms with Gasteiger partial charge in [-0.15, -0.1) is 0 Å². The van der Waals surface area contributed by atoms with Crippen molar-refractivity contribution in [2.75, 3.05) is 13.4 Å². The van der Waals surface area contributed by atoms with E-state index < -0.39 is 9.84 Å². The van der Waals surface area contributed by atoms with Gasteiger partial charge < -0.3 is 4.74 Å². The molecule has 0 fully saturated rings. The Labute approximate surface area is 137 Å². The second-order valence-electron chi connectivity index (χ2n) is 4.47. The van der Waals surface area contributed by atoms with Gasteiger partial charge >= 0.3 is 0 Å². The molecule has 0 unspecified atom stereocenters. The SMILES string of the molecule is COc1ccc(I)cc1C(=O)c1cccc(S(C)(=O)=O)c1. The molecule has 0 atom stereocenters. The molecule has 0 aromatic heterocycles. The highest BCUT2D eigenvalue weighted by Crippen LogP contribution is 2.24. The molecule has 6 heteroatoms. The minimum atomic E-state index is -3.35. The average Bonchev–Trinajstić information content (AvgIpc) is 2.45. The Morgan fingerprint density at radius 2 is 1.86 bits per heavy atom. The van der Waals surface area contributed by atoms with Crippen molar-refractivity contribution in [3.8, 4) is 5.75 Å². The van der Waals surface area contributed by atoms with Crippen LogP contribution < -0.4 is 4.74 Å². The number of ketones is 1. The van der Waals surface area contributed by atoms with E-state index >= 15 is 0 Å². The molecular weight excluding hydrogens is 403 g/mol. The van der Waals surface area contributed by atoms with Crippen molar-refractivity contribution >= 4 is 38.2 Å². The molecule has 110 valence electrons. The van der Waals surface area contributed by atoms with Crippen LogP contribution in [-0.4, -0.2) is 27.6 Å². The fourth-order valence-corrected chi connectivity index (χ4v) is 3.04. The van der Waals surface area contributed by atoms with E-state index in [4.69, 9.17) is 4.74 Å². The Hall–Kier alpha value is -1.41. The van der Waals surface area contributed by atoms with Crippen molar-refractivity contribution in [1.29, 1.82) is 0 Å². The minimum absolute atomic E-state index is 0.123. The Kier molecular flexibility index (Phi) is 4.67. The fraction of sp³-hybridized carbons (Fsp3) is 0.133. The summed E-state index contributed by atoms with van der Waals surface area (Å²) in [5.74, 6) is 0.195. The molecule has 0 spiro atoms. The maximum absolute atomic E-state index is 12.6. The van der Waals surface area contributed by atoms with Crippen LogP contribution in [0.4, 0.5) is 0 Å². The summed E-state index contributed by atoms with van der Waals surface area (Å²) in [6.45, 7) is 0. The first-order valence-corrected chi connectivity index (χ1v) is 8.98. The third-order valence-electron chi connectivity index (χ3n) is 2.93. The number of halogens is 1. The van der Waals surface area contributed by atoms with Crippen molar-refractivity contribution in [3.05, 3.63) is 57.2 Å². The second kappa shape index (κ2) is 6.15. The van der Waals surface area contributed by atoms with Gasteiger partial charge in [0.2, 0.25) is 0 Å². The summed E-state index contributed by atoms with van der Waals surface area (Å²) < 4.78 is 29.3. The molecule has 0 aliphatic carbocycles. The molecule has 0 N–H and O–H groups in total. The maximum Gasteiger partial charge on any atom is 0.196 e. The largest absolute Gasteiger partial charge is 0.496 e. The van der Waals surface area contributed by atoms with Crippen molar-refractivity contribution in [3.63, 3.8) is 0 Å². The first-order chi connectivity index (χ1) is 9.82. The Morgan fingerprint density at radius 1 is 1.14 bits per heavy atom. The van der Waals surface area contributed by atoms with Crippen molar-refractivity contribution in [2.45, 2.75) is 4.90 Å². The van der Waals surface area contributed by atoms with Gasteiger partial charge in [-0.1, -0.05) is 12.1 Å². The third kappa shape index (κ3) is 3.62. The number of sulfone groups is 1. The zero-order valence-corrected chi connectivity index (χ0v) is 14.4. The van der Waals surface area contributed by atoms with Crippen LogP contribution in [0.2, 0.25) is 0 Å². The summed E-state index contributed by atoms with van der Waals surface area (Å²) in [6.07, 6.45) is 1.11. The van der Waals surface area contributed by atoms with Gasteiger partial charge in [0, 0.05) is 15.4 Å². The summed E-state index contributed by atoms with van der Waals surface area (Å²) in [7, 11) is -1.86. The summed E-state index contributed by atoms with van der Waals surface area (Å²) in [4.78, 5) is 12.7. The van der Waals surface area contributed by atoms with Crippen molar-refractivity contribution < 1.29 is 17.9 Å². The summed E-state index contributed by atoms with van der Waals surface area (Å²) in [6, 6.07) is 11.3. The van der Waals surface area contributed by atoms with Crippen LogP contribution in [-0.2, 0) is 9.84 Å². The van der Waals surface area contributed by atoms with Crippen molar-refractivity contribution in [1.82, 2.24) is 0 Å². The van der Waals surface area contributed by atoms with Crippen LogP contribution >= 0.6 is 22.6 Å². The van der Waals surface area contributed by atoms with Crippen LogP contribution in [0.3, 0.4) is 0 Å². The first-order valence-electron chi connectivity index (χ1n) is 6.01. The molecule has 0 aliphatic heterocycles. The lowest BCUT2D eigenvalue weighted by molar-refractivity contribution is 0.103. The lowest BCUT2D eigenvalue weighted by Crippen LogP contribution is -2.06. The van der Waals surface area contributed by atoms with Gasteiger partial charge in [-0.25, -0.2) is 8.42 Å². The Balaban J connectivity index is 2.53. The number of rotatable bonds is 4. The standard InChI is InChI=1S/C15H13IO4S/c1-20-14-7-6-11(16)9-13(14)15(17)10-4-3-5-12(8-10)21(2,18)19/h3-9H,1-2H3. The van der Waals surface area contributed by atoms with E-state index in [1.54, 1.807) is 24.3 Å². The molecule has 21 heavy (non-hydrogen) atoms. The predicted molar refractivity (Wildman–Crippen MR) is 88.7 cm³/mol. The highest BCUT2D eigenvalue weighted by molar-refractivity contribution is 14.1. The first kappa shape index (κ1) is 16.0. The zero-order chi connectivity index (χ0) is 15.6. The molecule has 0 radical (unpaired) electrons. The molecule has 0 bridgehead atoms. The monoisotopic (exact) mass is 416 g/mol. The van der Waals surface area contributed by atoms with Crippen LogP contribution in [0, 0.1) is 3.57 Å². The van der Waals surface area contributed by atoms with E-state index in [0.29, 0.717) is 16.9 Å². The van der Waals surface area contributed by atoms with Crippen molar-refractivity contribution in [2.24, 2.45) is 0 Å². The minimum Gasteiger partial charge on any atom is -0.496 e. The zero-order valence-electron chi connectivity index (χ0n) is 11.5. The van der Waals surface area contributed by atoms with E-state index in [1.807, 2.05) is 6.07 Å². The van der Waals surface area contributed by atoms with E-state index in [9.17, 15) is 13.2 Å². The number of methoxy groups -OCH3 is 1. The molecule has 0 heterocycles. The molecule has 4 nitrogen and oxygen atoms in total. The normalized spacial score (nSPS) is 11.2. The van der Waals surface area contributed by atoms with Gasteiger partial charge in [-0.3, -0.25) is 4.79 Å². The summed E-state index contributed by atoms with van der Waals surface area (Å²) in [5.41, 5.74) is 0.730. The van der Waals surface area contributed by atoms with E-state index in [0.717, 1.165) is 9.83 Å². The number of carbonyl (C=O) groups is 1. The van der Waals surface area contributed by atoms with Crippen LogP contribution in [0.15, 0.2) is 47.4 Å². The molecule has 2 rings (SSSR count). The quantitative estimate of drug-likeness (QED) is 0.568. The number of hydrogen-bond donors (Lipinski definition) is 0. The number of benzene rings is 2. The van der Waals surface area contributed by atoms with Crippen LogP contribution in [0.1, 0.15) is 15.9 Å². The van der Waals surface area contributed by atoms with E-state index in [2.05, 4.69) is 22.6 Å². The molecule has 0 saturated heterocycles. The lowest BCUT2D eigenvalue weighted by atomic mass is 10.0. The van der Waals surface area contributed by atoms with Gasteiger partial charge in [-0.2, -0.15) is 0 Å². The third-order valence-corrected chi connectivity index (χ3v) is 4.71. The maximum atomic E-state index is 12.6. The van der Waals surface area contributed by atoms with Crippen LogP contribution in [0.5, 0.6) is 5.75 Å². The Bertz CT molecular complexity index is 797. The molecule has 0 saturated carbocycles. The highest BCUT2D eigenvalue weighted by Gasteiger charge is 2.17. The number of hydrogen-bond acceptors (Lipinski definition) is 4. The molecular formula is C15H13IO4S. The van der Waals surface area contributed by atoms with Gasteiger partial charge in [0.15, 0.2) is 15.6 Å². The number of ether oxygens (including phenoxy) is 1. The summed E-state index contributed by atoms with van der Waals surface area (Å²) >= 11 is 2.11. The van der Waals surface area contributed by atoms with Gasteiger partial charge in [0.1, 0.15) is 5.75 Å².